The molecule has 1 amide bonds. The van der Waals surface area contributed by atoms with Crippen LogP contribution in [-0.4, -0.2) is 26.1 Å². The third-order valence-corrected chi connectivity index (χ3v) is 4.24. The normalized spacial score (nSPS) is 10.1. The van der Waals surface area contributed by atoms with E-state index >= 15 is 0 Å². The van der Waals surface area contributed by atoms with Gasteiger partial charge in [-0.05, 0) is 24.6 Å². The highest BCUT2D eigenvalue weighted by Gasteiger charge is 2.24. The highest BCUT2D eigenvalue weighted by Crippen LogP contribution is 2.32. The number of amides is 1. The Labute approximate surface area is 131 Å². The van der Waals surface area contributed by atoms with Crippen LogP contribution in [0.1, 0.15) is 25.6 Å². The first-order chi connectivity index (χ1) is 10.5. The molecule has 2 aromatic rings. The van der Waals surface area contributed by atoms with Gasteiger partial charge in [-0.25, -0.2) is 4.79 Å². The lowest BCUT2D eigenvalue weighted by Gasteiger charge is -2.09. The summed E-state index contributed by atoms with van der Waals surface area (Å²) in [6, 6.07) is 7.06. The molecule has 116 valence electrons. The lowest BCUT2D eigenvalue weighted by Crippen LogP contribution is -2.13. The Bertz CT molecular complexity index is 724. The highest BCUT2D eigenvalue weighted by molar-refractivity contribution is 7.18. The second-order valence-electron chi connectivity index (χ2n) is 4.44. The van der Waals surface area contributed by atoms with E-state index in [1.165, 1.54) is 14.2 Å². The van der Waals surface area contributed by atoms with E-state index in [0.717, 1.165) is 11.3 Å². The number of thiophene rings is 1. The molecular weight excluding hydrogens is 304 g/mol. The molecule has 0 bridgehead atoms. The Morgan fingerprint density at radius 1 is 1.23 bits per heavy atom. The van der Waals surface area contributed by atoms with Crippen LogP contribution in [0.4, 0.5) is 10.7 Å². The van der Waals surface area contributed by atoms with Crippen molar-refractivity contribution < 1.29 is 19.1 Å². The van der Waals surface area contributed by atoms with Crippen molar-refractivity contribution >= 4 is 33.9 Å². The topological polar surface area (TPSA) is 90.7 Å². The van der Waals surface area contributed by atoms with Crippen LogP contribution in [-0.2, 0) is 4.74 Å². The van der Waals surface area contributed by atoms with Crippen LogP contribution in [0.3, 0.4) is 0 Å². The number of ether oxygens (including phenoxy) is 2. The fraction of sp³-hybridized carbons (Fsp3) is 0.200. The van der Waals surface area contributed by atoms with E-state index in [1.807, 2.05) is 0 Å². The van der Waals surface area contributed by atoms with Crippen LogP contribution < -0.4 is 15.8 Å². The molecule has 3 N–H and O–H groups in total. The van der Waals surface area contributed by atoms with Gasteiger partial charge in [0.25, 0.3) is 5.91 Å². The summed E-state index contributed by atoms with van der Waals surface area (Å²) in [5.74, 6) is -0.359. The predicted octanol–water partition coefficient (Wildman–Crippen LogP) is 2.69. The minimum Gasteiger partial charge on any atom is -0.495 e. The molecule has 0 radical (unpaired) electrons. The standard InChI is InChI=1S/C15H16N2O4S/c1-8-11(15(19)21-3)13(16)22-12(8)14(18)17-9-6-4-5-7-10(9)20-2/h4-7H,16H2,1-3H3,(H,17,18). The molecular formula is C15H16N2O4S. The molecule has 0 spiro atoms. The summed E-state index contributed by atoms with van der Waals surface area (Å²) in [5.41, 5.74) is 7.10. The average Bonchev–Trinajstić information content (AvgIpc) is 2.82. The third kappa shape index (κ3) is 2.89. The molecule has 0 aliphatic rings. The van der Waals surface area contributed by atoms with E-state index in [1.54, 1.807) is 31.2 Å². The van der Waals surface area contributed by atoms with Gasteiger partial charge in [-0.2, -0.15) is 0 Å². The van der Waals surface area contributed by atoms with Gasteiger partial charge in [-0.1, -0.05) is 12.1 Å². The van der Waals surface area contributed by atoms with Gasteiger partial charge >= 0.3 is 5.97 Å². The lowest BCUT2D eigenvalue weighted by molar-refractivity contribution is 0.0601. The van der Waals surface area contributed by atoms with Crippen LogP contribution >= 0.6 is 11.3 Å². The molecule has 6 nitrogen and oxygen atoms in total. The first kappa shape index (κ1) is 15.8. The molecule has 0 aliphatic heterocycles. The Morgan fingerprint density at radius 2 is 1.91 bits per heavy atom. The molecule has 0 saturated heterocycles. The van der Waals surface area contributed by atoms with Gasteiger partial charge in [-0.15, -0.1) is 11.3 Å². The third-order valence-electron chi connectivity index (χ3n) is 3.12. The fourth-order valence-corrected chi connectivity index (χ4v) is 2.99. The van der Waals surface area contributed by atoms with E-state index < -0.39 is 5.97 Å². The highest BCUT2D eigenvalue weighted by atomic mass is 32.1. The van der Waals surface area contributed by atoms with Gasteiger partial charge < -0.3 is 20.5 Å². The van der Waals surface area contributed by atoms with Gasteiger partial charge in [0, 0.05) is 0 Å². The second kappa shape index (κ2) is 6.48. The maximum atomic E-state index is 12.4. The predicted molar refractivity (Wildman–Crippen MR) is 85.8 cm³/mol. The summed E-state index contributed by atoms with van der Waals surface area (Å²) in [7, 11) is 2.79. The summed E-state index contributed by atoms with van der Waals surface area (Å²) in [6.07, 6.45) is 0. The number of benzene rings is 1. The van der Waals surface area contributed by atoms with E-state index in [-0.39, 0.29) is 16.5 Å². The number of carbonyl (C=O) groups is 2. The number of hydrogen-bond acceptors (Lipinski definition) is 6. The maximum absolute atomic E-state index is 12.4. The van der Waals surface area contributed by atoms with Crippen LogP contribution in [0.5, 0.6) is 5.75 Å². The summed E-state index contributed by atoms with van der Waals surface area (Å²) < 4.78 is 9.87. The number of esters is 1. The maximum Gasteiger partial charge on any atom is 0.341 e. The smallest absolute Gasteiger partial charge is 0.341 e. The molecule has 1 heterocycles. The SMILES string of the molecule is COC(=O)c1c(N)sc(C(=O)Nc2ccccc2OC)c1C. The number of methoxy groups -OCH3 is 2. The Morgan fingerprint density at radius 3 is 2.55 bits per heavy atom. The molecule has 0 unspecified atom stereocenters. The molecule has 2 rings (SSSR count). The average molecular weight is 320 g/mol. The number of nitrogens with one attached hydrogen (secondary N) is 1. The van der Waals surface area contributed by atoms with Crippen LogP contribution in [0.2, 0.25) is 0 Å². The van der Waals surface area contributed by atoms with Crippen LogP contribution in [0.15, 0.2) is 24.3 Å². The van der Waals surface area contributed by atoms with Crippen molar-refractivity contribution in [2.45, 2.75) is 6.92 Å². The molecule has 1 aromatic carbocycles. The summed E-state index contributed by atoms with van der Waals surface area (Å²) in [6.45, 7) is 1.66. The number of carbonyl (C=O) groups excluding carboxylic acids is 2. The van der Waals surface area contributed by atoms with Crippen molar-refractivity contribution in [3.05, 3.63) is 40.3 Å². The van der Waals surface area contributed by atoms with Crippen molar-refractivity contribution in [1.82, 2.24) is 0 Å². The van der Waals surface area contributed by atoms with E-state index in [0.29, 0.717) is 21.9 Å². The zero-order chi connectivity index (χ0) is 16.3. The van der Waals surface area contributed by atoms with Crippen molar-refractivity contribution in [2.75, 3.05) is 25.3 Å². The zero-order valence-corrected chi connectivity index (χ0v) is 13.2. The molecule has 0 fully saturated rings. The van der Waals surface area contributed by atoms with Gasteiger partial charge in [0.15, 0.2) is 0 Å². The number of nitrogens with two attached hydrogens (primary N) is 1. The van der Waals surface area contributed by atoms with Gasteiger partial charge in [0.1, 0.15) is 10.8 Å². The minimum atomic E-state index is -0.553. The summed E-state index contributed by atoms with van der Waals surface area (Å²) in [5, 5.41) is 3.01. The summed E-state index contributed by atoms with van der Waals surface area (Å²) >= 11 is 1.05. The molecule has 0 atom stereocenters. The first-order valence-corrected chi connectivity index (χ1v) is 7.22. The van der Waals surface area contributed by atoms with Crippen LogP contribution in [0.25, 0.3) is 0 Å². The monoisotopic (exact) mass is 320 g/mol. The number of rotatable bonds is 4. The number of anilines is 2. The Kier molecular flexibility index (Phi) is 4.67. The Hall–Kier alpha value is -2.54. The van der Waals surface area contributed by atoms with E-state index in [9.17, 15) is 9.59 Å². The second-order valence-corrected chi connectivity index (χ2v) is 5.49. The largest absolute Gasteiger partial charge is 0.495 e. The number of para-hydroxylation sites is 2. The molecule has 0 aliphatic carbocycles. The molecule has 1 aromatic heterocycles. The minimum absolute atomic E-state index is 0.234. The zero-order valence-electron chi connectivity index (χ0n) is 12.4. The van der Waals surface area contributed by atoms with Gasteiger partial charge in [0.05, 0.1) is 30.3 Å². The molecule has 0 saturated carbocycles. The van der Waals surface area contributed by atoms with Crippen molar-refractivity contribution in [3.63, 3.8) is 0 Å². The lowest BCUT2D eigenvalue weighted by atomic mass is 10.1. The van der Waals surface area contributed by atoms with E-state index in [2.05, 4.69) is 10.1 Å². The fourth-order valence-electron chi connectivity index (χ4n) is 2.04. The Balaban J connectivity index is 2.33. The summed E-state index contributed by atoms with van der Waals surface area (Å²) in [4.78, 5) is 24.5. The molecule has 22 heavy (non-hydrogen) atoms. The molecule has 7 heteroatoms. The van der Waals surface area contributed by atoms with E-state index in [4.69, 9.17) is 10.5 Å². The first-order valence-electron chi connectivity index (χ1n) is 6.41. The van der Waals surface area contributed by atoms with Crippen LogP contribution in [0, 0.1) is 6.92 Å². The number of nitrogen functional groups attached to an aromatic ring is 1. The van der Waals surface area contributed by atoms with Gasteiger partial charge in [-0.3, -0.25) is 4.79 Å². The number of hydrogen-bond donors (Lipinski definition) is 2. The van der Waals surface area contributed by atoms with Crippen molar-refractivity contribution in [1.29, 1.82) is 0 Å². The quantitative estimate of drug-likeness (QED) is 0.845. The van der Waals surface area contributed by atoms with Gasteiger partial charge in [0.2, 0.25) is 0 Å². The van der Waals surface area contributed by atoms with Crippen molar-refractivity contribution in [2.24, 2.45) is 0 Å². The van der Waals surface area contributed by atoms with Crippen molar-refractivity contribution in [3.8, 4) is 5.75 Å².